The van der Waals surface area contributed by atoms with Gasteiger partial charge in [0.1, 0.15) is 23.5 Å². The van der Waals surface area contributed by atoms with Crippen LogP contribution < -0.4 is 10.9 Å². The average Bonchev–Trinajstić information content (AvgIpc) is 2.96. The second-order valence-electron chi connectivity index (χ2n) is 12.9. The van der Waals surface area contributed by atoms with Crippen molar-refractivity contribution in [3.05, 3.63) is 91.6 Å². The Morgan fingerprint density at radius 2 is 1.63 bits per heavy atom. The van der Waals surface area contributed by atoms with Crippen LogP contribution in [0.4, 0.5) is 26.3 Å². The van der Waals surface area contributed by atoms with Crippen LogP contribution in [0.25, 0.3) is 11.1 Å². The van der Waals surface area contributed by atoms with E-state index in [4.69, 9.17) is 4.74 Å². The Morgan fingerprint density at radius 1 is 0.980 bits per heavy atom. The Hall–Kier alpha value is -4.13. The zero-order valence-corrected chi connectivity index (χ0v) is 28.9. The number of likely N-dealkylation sites (N-methyl/N-ethyl adjacent to an activating group) is 1. The van der Waals surface area contributed by atoms with Crippen molar-refractivity contribution in [1.29, 1.82) is 0 Å². The van der Waals surface area contributed by atoms with Crippen molar-refractivity contribution in [3.8, 4) is 11.1 Å². The number of carbonyl (C=O) groups is 2. The van der Waals surface area contributed by atoms with Gasteiger partial charge in [0.05, 0.1) is 24.6 Å². The molecule has 1 heterocycles. The third kappa shape index (κ3) is 9.52. The molecule has 1 aromatic heterocycles. The molecule has 49 heavy (non-hydrogen) atoms. The van der Waals surface area contributed by atoms with Gasteiger partial charge in [-0.2, -0.15) is 13.2 Å². The van der Waals surface area contributed by atoms with Crippen LogP contribution in [-0.4, -0.2) is 48.6 Å². The summed E-state index contributed by atoms with van der Waals surface area (Å²) in [7, 11) is 3.34. The van der Waals surface area contributed by atoms with Gasteiger partial charge >= 0.3 is 12.1 Å². The normalized spacial score (nSPS) is 13.1. The van der Waals surface area contributed by atoms with E-state index in [-0.39, 0.29) is 54.2 Å². The minimum absolute atomic E-state index is 0.0475. The predicted octanol–water partition coefficient (Wildman–Crippen LogP) is 7.38. The summed E-state index contributed by atoms with van der Waals surface area (Å²) in [5.41, 5.74) is -2.78. The van der Waals surface area contributed by atoms with Gasteiger partial charge in [-0.1, -0.05) is 19.9 Å². The number of ether oxygens (including phenoxy) is 1. The minimum atomic E-state index is -4.84. The number of halogens is 6. The molecule has 0 radical (unpaired) electrons. The highest BCUT2D eigenvalue weighted by Gasteiger charge is 2.36. The number of amides is 1. The molecule has 13 heteroatoms. The largest absolute Gasteiger partial charge is 0.466 e. The fourth-order valence-electron chi connectivity index (χ4n) is 5.86. The molecule has 0 aliphatic heterocycles. The van der Waals surface area contributed by atoms with Gasteiger partial charge in [-0.25, -0.2) is 13.2 Å². The molecule has 0 saturated heterocycles. The van der Waals surface area contributed by atoms with E-state index in [9.17, 15) is 27.6 Å². The number of nitrogens with zero attached hydrogens (tertiary/aromatic N) is 2. The molecule has 0 bridgehead atoms. The van der Waals surface area contributed by atoms with Crippen molar-refractivity contribution in [3.63, 3.8) is 0 Å². The summed E-state index contributed by atoms with van der Waals surface area (Å²) in [5, 5.41) is 2.49. The maximum absolute atomic E-state index is 16.5. The van der Waals surface area contributed by atoms with Crippen LogP contribution in [0.1, 0.15) is 79.1 Å². The van der Waals surface area contributed by atoms with Crippen molar-refractivity contribution in [2.75, 3.05) is 27.2 Å². The third-order valence-corrected chi connectivity index (χ3v) is 8.09. The standard InChI is InChI=1S/C36H43F6N3O4/c1-9-49-30(47)17-27(32-33(38)22(6)15-24(34(32)39)31-21(5)13-20(4)14-26(31)37)43-35(48)28(12-19(2)3)45-18-23(10-11-44(7)8)25(16-29(45)46)36(40,41)42/h13-16,18-19,27-28H,9-12,17H2,1-8H3,(H,43,48)/t27-,28?/m0/s1. The molecule has 0 aliphatic carbocycles. The van der Waals surface area contributed by atoms with Crippen LogP contribution in [0.2, 0.25) is 0 Å². The molecule has 0 spiro atoms. The fraction of sp³-hybridized carbons (Fsp3) is 0.472. The van der Waals surface area contributed by atoms with E-state index in [1.165, 1.54) is 19.9 Å². The molecule has 0 fully saturated rings. The van der Waals surface area contributed by atoms with E-state index < -0.39 is 70.7 Å². The van der Waals surface area contributed by atoms with Crippen LogP contribution >= 0.6 is 0 Å². The second-order valence-corrected chi connectivity index (χ2v) is 12.9. The number of hydrogen-bond acceptors (Lipinski definition) is 5. The molecule has 1 N–H and O–H groups in total. The van der Waals surface area contributed by atoms with E-state index in [1.807, 2.05) is 0 Å². The Morgan fingerprint density at radius 3 is 2.18 bits per heavy atom. The smallest absolute Gasteiger partial charge is 0.416 e. The number of aryl methyl sites for hydroxylation is 3. The molecule has 2 aromatic carbocycles. The summed E-state index contributed by atoms with van der Waals surface area (Å²) in [6.45, 7) is 9.64. The predicted molar refractivity (Wildman–Crippen MR) is 175 cm³/mol. The van der Waals surface area contributed by atoms with E-state index >= 15 is 13.2 Å². The van der Waals surface area contributed by atoms with Gasteiger partial charge < -0.3 is 19.5 Å². The molecule has 2 atom stereocenters. The fourth-order valence-corrected chi connectivity index (χ4v) is 5.86. The Bertz CT molecular complexity index is 1730. The first-order valence-corrected chi connectivity index (χ1v) is 15.9. The summed E-state index contributed by atoms with van der Waals surface area (Å²) in [5.74, 6) is -5.23. The zero-order valence-electron chi connectivity index (χ0n) is 28.9. The number of alkyl halides is 3. The van der Waals surface area contributed by atoms with Gasteiger partial charge in [0.15, 0.2) is 0 Å². The lowest BCUT2D eigenvalue weighted by molar-refractivity contribution is -0.144. The zero-order chi connectivity index (χ0) is 37.0. The molecule has 0 saturated carbocycles. The van der Waals surface area contributed by atoms with E-state index in [0.29, 0.717) is 17.2 Å². The van der Waals surface area contributed by atoms with Crippen LogP contribution in [0.5, 0.6) is 0 Å². The lowest BCUT2D eigenvalue weighted by Gasteiger charge is -2.27. The Kier molecular flexibility index (Phi) is 12.9. The second kappa shape index (κ2) is 16.1. The highest BCUT2D eigenvalue weighted by molar-refractivity contribution is 5.82. The number of aromatic nitrogens is 1. The quantitative estimate of drug-likeness (QED) is 0.149. The van der Waals surface area contributed by atoms with Crippen molar-refractivity contribution in [2.45, 2.75) is 79.1 Å². The van der Waals surface area contributed by atoms with Crippen molar-refractivity contribution in [1.82, 2.24) is 14.8 Å². The Labute approximate surface area is 282 Å². The summed E-state index contributed by atoms with van der Waals surface area (Å²) >= 11 is 0. The van der Waals surface area contributed by atoms with E-state index in [1.54, 1.807) is 52.8 Å². The molecule has 7 nitrogen and oxygen atoms in total. The number of benzene rings is 2. The van der Waals surface area contributed by atoms with Gasteiger partial charge in [-0.05, 0) is 94.9 Å². The number of rotatable bonds is 13. The van der Waals surface area contributed by atoms with Crippen molar-refractivity contribution < 1.29 is 40.7 Å². The minimum Gasteiger partial charge on any atom is -0.466 e. The maximum atomic E-state index is 16.5. The molecule has 0 aliphatic rings. The summed E-state index contributed by atoms with van der Waals surface area (Å²) in [6, 6.07) is 1.27. The van der Waals surface area contributed by atoms with Crippen molar-refractivity contribution >= 4 is 11.9 Å². The van der Waals surface area contributed by atoms with Gasteiger partial charge in [0.25, 0.3) is 5.56 Å². The molecule has 3 aromatic rings. The summed E-state index contributed by atoms with van der Waals surface area (Å²) in [4.78, 5) is 41.7. The van der Waals surface area contributed by atoms with Crippen LogP contribution in [-0.2, 0) is 26.9 Å². The van der Waals surface area contributed by atoms with Gasteiger partial charge in [0.2, 0.25) is 5.91 Å². The highest BCUT2D eigenvalue weighted by atomic mass is 19.4. The maximum Gasteiger partial charge on any atom is 0.416 e. The van der Waals surface area contributed by atoms with Gasteiger partial charge in [-0.3, -0.25) is 14.4 Å². The molecule has 268 valence electrons. The lowest BCUT2D eigenvalue weighted by Crippen LogP contribution is -2.41. The molecule has 1 unspecified atom stereocenters. The first-order valence-electron chi connectivity index (χ1n) is 15.9. The molecule has 3 rings (SSSR count). The third-order valence-electron chi connectivity index (χ3n) is 8.09. The number of esters is 1. The lowest BCUT2D eigenvalue weighted by atomic mass is 9.90. The van der Waals surface area contributed by atoms with Gasteiger partial charge in [0, 0.05) is 35.5 Å². The number of nitrogens with one attached hydrogen (secondary N) is 1. The molecule has 1 amide bonds. The topological polar surface area (TPSA) is 80.6 Å². The van der Waals surface area contributed by atoms with E-state index in [0.717, 1.165) is 16.8 Å². The van der Waals surface area contributed by atoms with Crippen LogP contribution in [0.3, 0.4) is 0 Å². The Balaban J connectivity index is 2.23. The van der Waals surface area contributed by atoms with Gasteiger partial charge in [-0.15, -0.1) is 0 Å². The number of hydrogen-bond donors (Lipinski definition) is 1. The summed E-state index contributed by atoms with van der Waals surface area (Å²) in [6.07, 6.45) is -4.73. The van der Waals surface area contributed by atoms with Crippen LogP contribution in [0, 0.1) is 44.1 Å². The van der Waals surface area contributed by atoms with Crippen molar-refractivity contribution in [2.24, 2.45) is 5.92 Å². The monoisotopic (exact) mass is 695 g/mol. The first kappa shape index (κ1) is 39.3. The highest BCUT2D eigenvalue weighted by Crippen LogP contribution is 2.37. The molecular weight excluding hydrogens is 652 g/mol. The SMILES string of the molecule is CCOC(=O)C[C@H](NC(=O)C(CC(C)C)n1cc(CCN(C)C)c(C(F)(F)F)cc1=O)c1c(F)c(C)cc(-c2c(C)cc(C)cc2F)c1F. The average molecular weight is 696 g/mol. The van der Waals surface area contributed by atoms with E-state index in [2.05, 4.69) is 5.32 Å². The van der Waals surface area contributed by atoms with Crippen LogP contribution in [0.15, 0.2) is 35.3 Å². The number of carbonyl (C=O) groups excluding carboxylic acids is 2. The molecular formula is C36H43F6N3O4. The first-order chi connectivity index (χ1) is 22.8. The number of pyridine rings is 1. The summed E-state index contributed by atoms with van der Waals surface area (Å²) < 4.78 is 95.4.